The maximum Gasteiger partial charge on any atom is 0.231 e. The minimum atomic E-state index is 0.228. The molecule has 1 aliphatic rings. The van der Waals surface area contributed by atoms with Crippen molar-refractivity contribution in [1.29, 1.82) is 0 Å². The number of hydrogen-bond donors (Lipinski definition) is 0. The zero-order valence-electron chi connectivity index (χ0n) is 17.0. The Labute approximate surface area is 175 Å². The van der Waals surface area contributed by atoms with Gasteiger partial charge in [0.05, 0.1) is 12.6 Å². The molecule has 152 valence electrons. The Kier molecular flexibility index (Phi) is 6.06. The van der Waals surface area contributed by atoms with Crippen LogP contribution in [0.15, 0.2) is 53.7 Å². The fourth-order valence-corrected chi connectivity index (χ4v) is 4.41. The largest absolute Gasteiger partial charge is 0.454 e. The zero-order chi connectivity index (χ0) is 20.2. The Morgan fingerprint density at radius 2 is 1.83 bits per heavy atom. The zero-order valence-corrected chi connectivity index (χ0v) is 17.9. The van der Waals surface area contributed by atoms with Crippen LogP contribution >= 0.6 is 11.8 Å². The second kappa shape index (κ2) is 8.88. The number of nitrogens with zero attached hydrogens (tertiary/aromatic N) is 4. The molecule has 1 aliphatic heterocycles. The van der Waals surface area contributed by atoms with Crippen molar-refractivity contribution in [3.63, 3.8) is 0 Å². The highest BCUT2D eigenvalue weighted by molar-refractivity contribution is 7.98. The van der Waals surface area contributed by atoms with Crippen molar-refractivity contribution in [3.05, 3.63) is 65.5 Å². The number of thioether (sulfide) groups is 1. The van der Waals surface area contributed by atoms with E-state index in [4.69, 9.17) is 9.47 Å². The monoisotopic (exact) mass is 410 g/mol. The summed E-state index contributed by atoms with van der Waals surface area (Å²) in [5.74, 6) is 3.43. The summed E-state index contributed by atoms with van der Waals surface area (Å²) in [7, 11) is 4.18. The molecule has 0 saturated carbocycles. The Morgan fingerprint density at radius 1 is 1.03 bits per heavy atom. The number of ether oxygens (including phenoxy) is 2. The summed E-state index contributed by atoms with van der Waals surface area (Å²) in [4.78, 5) is 2.21. The van der Waals surface area contributed by atoms with Gasteiger partial charge in [-0.15, -0.1) is 10.2 Å². The van der Waals surface area contributed by atoms with Crippen molar-refractivity contribution in [2.75, 3.05) is 20.9 Å². The van der Waals surface area contributed by atoms with Crippen LogP contribution in [-0.2, 0) is 12.3 Å². The van der Waals surface area contributed by atoms with Crippen molar-refractivity contribution < 1.29 is 9.47 Å². The van der Waals surface area contributed by atoms with Gasteiger partial charge in [-0.05, 0) is 43.8 Å². The highest BCUT2D eigenvalue weighted by Gasteiger charge is 2.22. The molecule has 0 aliphatic carbocycles. The highest BCUT2D eigenvalue weighted by atomic mass is 32.2. The Bertz CT molecular complexity index is 959. The van der Waals surface area contributed by atoms with E-state index in [1.54, 1.807) is 11.8 Å². The SMILES string of the molecule is CCC(c1nnc(SCc2ccc3c(c2)OCO3)n1Cc1ccccc1)N(C)C. The average Bonchev–Trinajstić information content (AvgIpc) is 3.35. The Morgan fingerprint density at radius 3 is 2.59 bits per heavy atom. The fraction of sp³-hybridized carbons (Fsp3) is 0.364. The predicted octanol–water partition coefficient (Wildman–Crippen LogP) is 4.36. The predicted molar refractivity (Wildman–Crippen MR) is 114 cm³/mol. The number of aromatic nitrogens is 3. The van der Waals surface area contributed by atoms with Gasteiger partial charge in [0, 0.05) is 5.75 Å². The summed E-state index contributed by atoms with van der Waals surface area (Å²) in [6.45, 7) is 3.24. The lowest BCUT2D eigenvalue weighted by atomic mass is 10.2. The Hall–Kier alpha value is -2.51. The van der Waals surface area contributed by atoms with Gasteiger partial charge in [0.1, 0.15) is 0 Å². The first-order valence-corrected chi connectivity index (χ1v) is 10.8. The van der Waals surface area contributed by atoms with E-state index in [1.807, 2.05) is 18.2 Å². The van der Waals surface area contributed by atoms with Crippen LogP contribution in [-0.4, -0.2) is 40.6 Å². The molecule has 1 unspecified atom stereocenters. The third-order valence-electron chi connectivity index (χ3n) is 5.04. The topological polar surface area (TPSA) is 52.4 Å². The lowest BCUT2D eigenvalue weighted by Crippen LogP contribution is -2.23. The van der Waals surface area contributed by atoms with Gasteiger partial charge >= 0.3 is 0 Å². The van der Waals surface area contributed by atoms with E-state index >= 15 is 0 Å². The third kappa shape index (κ3) is 4.41. The molecule has 0 radical (unpaired) electrons. The van der Waals surface area contributed by atoms with Crippen LogP contribution in [0.4, 0.5) is 0 Å². The van der Waals surface area contributed by atoms with Crippen molar-refractivity contribution in [3.8, 4) is 11.5 Å². The molecule has 3 aromatic rings. The van der Waals surface area contributed by atoms with Crippen molar-refractivity contribution in [2.45, 2.75) is 36.8 Å². The van der Waals surface area contributed by atoms with Crippen LogP contribution in [0.25, 0.3) is 0 Å². The molecule has 0 amide bonds. The van der Waals surface area contributed by atoms with Gasteiger partial charge in [-0.2, -0.15) is 0 Å². The maximum absolute atomic E-state index is 5.50. The molecular weight excluding hydrogens is 384 g/mol. The second-order valence-electron chi connectivity index (χ2n) is 7.28. The van der Waals surface area contributed by atoms with E-state index < -0.39 is 0 Å². The molecule has 29 heavy (non-hydrogen) atoms. The molecule has 1 aromatic heterocycles. The summed E-state index contributed by atoms with van der Waals surface area (Å²) in [5, 5.41) is 10.1. The first-order chi connectivity index (χ1) is 14.2. The van der Waals surface area contributed by atoms with Crippen LogP contribution in [0.1, 0.15) is 36.3 Å². The highest BCUT2D eigenvalue weighted by Crippen LogP contribution is 2.34. The number of rotatable bonds is 8. The number of hydrogen-bond acceptors (Lipinski definition) is 6. The molecule has 6 nitrogen and oxygen atoms in total. The van der Waals surface area contributed by atoms with Crippen LogP contribution in [0, 0.1) is 0 Å². The van der Waals surface area contributed by atoms with E-state index in [2.05, 4.69) is 71.0 Å². The standard InChI is InChI=1S/C22H26N4O2S/c1-4-18(25(2)3)21-23-24-22(26(21)13-16-8-6-5-7-9-16)29-14-17-10-11-19-20(12-17)28-15-27-19/h5-12,18H,4,13-15H2,1-3H3. The first kappa shape index (κ1) is 19.8. The number of benzene rings is 2. The summed E-state index contributed by atoms with van der Waals surface area (Å²) in [6, 6.07) is 16.8. The molecule has 0 bridgehead atoms. The molecule has 0 N–H and O–H groups in total. The fourth-order valence-electron chi connectivity index (χ4n) is 3.53. The van der Waals surface area contributed by atoms with E-state index in [0.717, 1.165) is 41.2 Å². The van der Waals surface area contributed by atoms with E-state index in [-0.39, 0.29) is 6.04 Å². The minimum Gasteiger partial charge on any atom is -0.454 e. The average molecular weight is 411 g/mol. The summed E-state index contributed by atoms with van der Waals surface area (Å²) in [6.07, 6.45) is 0.979. The molecule has 0 fully saturated rings. The van der Waals surface area contributed by atoms with Crippen LogP contribution in [0.3, 0.4) is 0 Å². The molecule has 0 saturated heterocycles. The van der Waals surface area contributed by atoms with Gasteiger partial charge in [0.2, 0.25) is 6.79 Å². The van der Waals surface area contributed by atoms with Crippen LogP contribution < -0.4 is 9.47 Å². The smallest absolute Gasteiger partial charge is 0.231 e. The summed E-state index contributed by atoms with van der Waals surface area (Å²) < 4.78 is 13.2. The van der Waals surface area contributed by atoms with E-state index in [1.165, 1.54) is 11.1 Å². The number of fused-ring (bicyclic) bond motifs is 1. The second-order valence-corrected chi connectivity index (χ2v) is 8.22. The minimum absolute atomic E-state index is 0.228. The molecule has 7 heteroatoms. The lowest BCUT2D eigenvalue weighted by molar-refractivity contribution is 0.174. The van der Waals surface area contributed by atoms with E-state index in [9.17, 15) is 0 Å². The molecular formula is C22H26N4O2S. The van der Waals surface area contributed by atoms with Gasteiger partial charge in [-0.1, -0.05) is 55.1 Å². The maximum atomic E-state index is 5.50. The molecule has 2 heterocycles. The van der Waals surface area contributed by atoms with Gasteiger partial charge in [0.15, 0.2) is 22.5 Å². The van der Waals surface area contributed by atoms with Gasteiger partial charge in [-0.3, -0.25) is 4.90 Å². The van der Waals surface area contributed by atoms with Crippen LogP contribution in [0.2, 0.25) is 0 Å². The lowest BCUT2D eigenvalue weighted by Gasteiger charge is -2.23. The molecule has 1 atom stereocenters. The normalized spacial score (nSPS) is 13.8. The molecule has 4 rings (SSSR count). The third-order valence-corrected chi connectivity index (χ3v) is 6.08. The van der Waals surface area contributed by atoms with Gasteiger partial charge < -0.3 is 14.0 Å². The molecule has 0 spiro atoms. The van der Waals surface area contributed by atoms with Gasteiger partial charge in [-0.25, -0.2) is 0 Å². The van der Waals surface area contributed by atoms with E-state index in [0.29, 0.717) is 6.79 Å². The van der Waals surface area contributed by atoms with Gasteiger partial charge in [0.25, 0.3) is 0 Å². The molecule has 2 aromatic carbocycles. The van der Waals surface area contributed by atoms with Crippen molar-refractivity contribution in [2.24, 2.45) is 0 Å². The summed E-state index contributed by atoms with van der Waals surface area (Å²) >= 11 is 1.70. The Balaban J connectivity index is 1.59. The van der Waals surface area contributed by atoms with Crippen molar-refractivity contribution >= 4 is 11.8 Å². The summed E-state index contributed by atoms with van der Waals surface area (Å²) in [5.41, 5.74) is 2.42. The quantitative estimate of drug-likeness (QED) is 0.514. The van der Waals surface area contributed by atoms with Crippen molar-refractivity contribution in [1.82, 2.24) is 19.7 Å². The first-order valence-electron chi connectivity index (χ1n) is 9.80. The van der Waals surface area contributed by atoms with Crippen LogP contribution in [0.5, 0.6) is 11.5 Å².